The molecule has 5 heteroatoms. The molecule has 0 aromatic heterocycles. The predicted octanol–water partition coefficient (Wildman–Crippen LogP) is 3.37. The number of anilines is 1. The van der Waals surface area contributed by atoms with Gasteiger partial charge in [-0.15, -0.1) is 0 Å². The maximum atomic E-state index is 14.3. The number of hydrogen-bond acceptors (Lipinski definition) is 3. The second-order valence-corrected chi connectivity index (χ2v) is 6.59. The fourth-order valence-corrected chi connectivity index (χ4v) is 3.02. The molecule has 2 N–H and O–H groups in total. The van der Waals surface area contributed by atoms with Crippen LogP contribution in [0, 0.1) is 5.82 Å². The zero-order valence-corrected chi connectivity index (χ0v) is 14.6. The highest BCUT2D eigenvalue weighted by Crippen LogP contribution is 2.24. The molecule has 1 aromatic rings. The second kappa shape index (κ2) is 9.62. The number of halogens is 1. The van der Waals surface area contributed by atoms with Gasteiger partial charge in [-0.3, -0.25) is 4.79 Å². The van der Waals surface area contributed by atoms with Crippen molar-refractivity contribution >= 4 is 11.6 Å². The summed E-state index contributed by atoms with van der Waals surface area (Å²) in [7, 11) is 0. The third kappa shape index (κ3) is 5.78. The van der Waals surface area contributed by atoms with Gasteiger partial charge in [-0.25, -0.2) is 4.39 Å². The molecule has 0 spiro atoms. The van der Waals surface area contributed by atoms with Gasteiger partial charge < -0.3 is 15.3 Å². The first-order valence-corrected chi connectivity index (χ1v) is 9.08. The Morgan fingerprint density at radius 1 is 1.29 bits per heavy atom. The van der Waals surface area contributed by atoms with Crippen molar-refractivity contribution in [1.82, 2.24) is 5.32 Å². The summed E-state index contributed by atoms with van der Waals surface area (Å²) < 4.78 is 14.3. The van der Waals surface area contributed by atoms with Gasteiger partial charge in [-0.2, -0.15) is 0 Å². The number of amides is 1. The number of benzene rings is 1. The Hall–Kier alpha value is -1.62. The van der Waals surface area contributed by atoms with Crippen LogP contribution in [0.1, 0.15) is 57.4 Å². The van der Waals surface area contributed by atoms with Gasteiger partial charge in [0.2, 0.25) is 5.91 Å². The molecule has 0 saturated carbocycles. The average Bonchev–Trinajstić information content (AvgIpc) is 2.58. The van der Waals surface area contributed by atoms with E-state index in [1.165, 1.54) is 6.07 Å². The molecule has 0 bridgehead atoms. The van der Waals surface area contributed by atoms with Crippen LogP contribution in [0.25, 0.3) is 0 Å². The van der Waals surface area contributed by atoms with Crippen LogP contribution < -0.4 is 10.2 Å². The summed E-state index contributed by atoms with van der Waals surface area (Å²) in [6.07, 6.45) is 5.93. The van der Waals surface area contributed by atoms with E-state index >= 15 is 0 Å². The van der Waals surface area contributed by atoms with Crippen LogP contribution >= 0.6 is 0 Å². The van der Waals surface area contributed by atoms with Crippen LogP contribution in [0.2, 0.25) is 0 Å². The lowest BCUT2D eigenvalue weighted by atomic mass is 10.1. The number of rotatable bonds is 8. The summed E-state index contributed by atoms with van der Waals surface area (Å²) in [5.41, 5.74) is 1.35. The van der Waals surface area contributed by atoms with Crippen molar-refractivity contribution in [1.29, 1.82) is 0 Å². The zero-order chi connectivity index (χ0) is 17.4. The molecule has 0 atom stereocenters. The van der Waals surface area contributed by atoms with Gasteiger partial charge in [0.1, 0.15) is 5.82 Å². The van der Waals surface area contributed by atoms with Crippen molar-refractivity contribution in [3.8, 4) is 0 Å². The summed E-state index contributed by atoms with van der Waals surface area (Å²) in [4.78, 5) is 13.7. The first-order chi connectivity index (χ1) is 11.6. The Bertz CT molecular complexity index is 528. The molecule has 1 aliphatic rings. The number of nitrogens with zero attached hydrogens (tertiary/aromatic N) is 1. The molecular weight excluding hydrogens is 307 g/mol. The van der Waals surface area contributed by atoms with E-state index in [-0.39, 0.29) is 17.8 Å². The van der Waals surface area contributed by atoms with Crippen molar-refractivity contribution in [2.24, 2.45) is 0 Å². The Morgan fingerprint density at radius 3 is 2.71 bits per heavy atom. The van der Waals surface area contributed by atoms with E-state index in [0.717, 1.165) is 31.2 Å². The highest BCUT2D eigenvalue weighted by Gasteiger charge is 2.19. The summed E-state index contributed by atoms with van der Waals surface area (Å²) >= 11 is 0. The number of aliphatic hydroxyl groups is 1. The highest BCUT2D eigenvalue weighted by atomic mass is 19.1. The standard InChI is InChI=1S/C19H29FN2O2/c1-2-3-4-5-6-19(24)21-14-15-7-8-18(17(20)13-15)22-11-9-16(23)10-12-22/h7-8,13,16,23H,2-6,9-12,14H2,1H3,(H,21,24). The van der Waals surface area contributed by atoms with Crippen LogP contribution in [0.4, 0.5) is 10.1 Å². The monoisotopic (exact) mass is 336 g/mol. The molecule has 1 amide bonds. The molecule has 1 heterocycles. The number of carbonyl (C=O) groups excluding carboxylic acids is 1. The molecule has 1 saturated heterocycles. The molecule has 0 aliphatic carbocycles. The molecule has 24 heavy (non-hydrogen) atoms. The van der Waals surface area contributed by atoms with Crippen LogP contribution in [0.5, 0.6) is 0 Å². The average molecular weight is 336 g/mol. The van der Waals surface area contributed by atoms with Gasteiger partial charge in [0.25, 0.3) is 0 Å². The zero-order valence-electron chi connectivity index (χ0n) is 14.6. The molecule has 0 unspecified atom stereocenters. The third-order valence-electron chi connectivity index (χ3n) is 4.56. The van der Waals surface area contributed by atoms with Crippen molar-refractivity contribution in [2.75, 3.05) is 18.0 Å². The first-order valence-electron chi connectivity index (χ1n) is 9.08. The fourth-order valence-electron chi connectivity index (χ4n) is 3.02. The number of piperidine rings is 1. The number of aliphatic hydroxyl groups excluding tert-OH is 1. The van der Waals surface area contributed by atoms with Gasteiger partial charge in [0, 0.05) is 26.1 Å². The quantitative estimate of drug-likeness (QED) is 0.716. The Morgan fingerprint density at radius 2 is 2.04 bits per heavy atom. The lowest BCUT2D eigenvalue weighted by molar-refractivity contribution is -0.121. The third-order valence-corrected chi connectivity index (χ3v) is 4.56. The second-order valence-electron chi connectivity index (χ2n) is 6.59. The van der Waals surface area contributed by atoms with Crippen LogP contribution in [-0.2, 0) is 11.3 Å². The van der Waals surface area contributed by atoms with E-state index in [2.05, 4.69) is 12.2 Å². The minimum atomic E-state index is -0.267. The molecule has 134 valence electrons. The normalized spacial score (nSPS) is 15.5. The molecule has 1 fully saturated rings. The molecule has 4 nitrogen and oxygen atoms in total. The number of carbonyl (C=O) groups is 1. The molecule has 1 aromatic carbocycles. The summed E-state index contributed by atoms with van der Waals surface area (Å²) in [6, 6.07) is 5.13. The Kier molecular flexibility index (Phi) is 7.50. The van der Waals surface area contributed by atoms with Crippen molar-refractivity contribution in [2.45, 2.75) is 64.5 Å². The van der Waals surface area contributed by atoms with E-state index in [4.69, 9.17) is 0 Å². The minimum Gasteiger partial charge on any atom is -0.393 e. The maximum absolute atomic E-state index is 14.3. The number of nitrogens with one attached hydrogen (secondary N) is 1. The van der Waals surface area contributed by atoms with E-state index in [1.54, 1.807) is 6.07 Å². The van der Waals surface area contributed by atoms with Gasteiger partial charge >= 0.3 is 0 Å². The van der Waals surface area contributed by atoms with Crippen LogP contribution in [-0.4, -0.2) is 30.2 Å². The lowest BCUT2D eigenvalue weighted by Crippen LogP contribution is -2.36. The van der Waals surface area contributed by atoms with E-state index in [9.17, 15) is 14.3 Å². The summed E-state index contributed by atoms with van der Waals surface area (Å²) in [5.74, 6) is -0.235. The molecule has 0 radical (unpaired) electrons. The fraction of sp³-hybridized carbons (Fsp3) is 0.632. The van der Waals surface area contributed by atoms with E-state index in [1.807, 2.05) is 11.0 Å². The van der Waals surface area contributed by atoms with E-state index in [0.29, 0.717) is 44.6 Å². The Balaban J connectivity index is 1.80. The smallest absolute Gasteiger partial charge is 0.220 e. The summed E-state index contributed by atoms with van der Waals surface area (Å²) in [6.45, 7) is 3.85. The van der Waals surface area contributed by atoms with Gasteiger partial charge in [-0.1, -0.05) is 32.3 Å². The van der Waals surface area contributed by atoms with Crippen molar-refractivity contribution in [3.63, 3.8) is 0 Å². The lowest BCUT2D eigenvalue weighted by Gasteiger charge is -2.31. The van der Waals surface area contributed by atoms with Crippen molar-refractivity contribution < 1.29 is 14.3 Å². The van der Waals surface area contributed by atoms with Gasteiger partial charge in [0.15, 0.2) is 0 Å². The van der Waals surface area contributed by atoms with Crippen molar-refractivity contribution in [3.05, 3.63) is 29.6 Å². The summed E-state index contributed by atoms with van der Waals surface area (Å²) in [5, 5.41) is 12.4. The van der Waals surface area contributed by atoms with Gasteiger partial charge in [0.05, 0.1) is 11.8 Å². The van der Waals surface area contributed by atoms with Crippen LogP contribution in [0.3, 0.4) is 0 Å². The maximum Gasteiger partial charge on any atom is 0.220 e. The molecular formula is C19H29FN2O2. The van der Waals surface area contributed by atoms with Gasteiger partial charge in [-0.05, 0) is 37.0 Å². The highest BCUT2D eigenvalue weighted by molar-refractivity contribution is 5.75. The number of unbranched alkanes of at least 4 members (excludes halogenated alkanes) is 3. The largest absolute Gasteiger partial charge is 0.393 e. The SMILES string of the molecule is CCCCCCC(=O)NCc1ccc(N2CCC(O)CC2)c(F)c1. The number of hydrogen-bond donors (Lipinski definition) is 2. The Labute approximate surface area is 144 Å². The van der Waals surface area contributed by atoms with Crippen LogP contribution in [0.15, 0.2) is 18.2 Å². The first kappa shape index (κ1) is 18.7. The molecule has 1 aliphatic heterocycles. The minimum absolute atomic E-state index is 0.0283. The van der Waals surface area contributed by atoms with E-state index < -0.39 is 0 Å². The topological polar surface area (TPSA) is 52.6 Å². The molecule has 2 rings (SSSR count). The predicted molar refractivity (Wildman–Crippen MR) is 94.5 cm³/mol.